The fourth-order valence-corrected chi connectivity index (χ4v) is 1.31. The third-order valence-corrected chi connectivity index (χ3v) is 2.04. The number of nitrogens with one attached hydrogen (secondary N) is 1. The zero-order chi connectivity index (χ0) is 14.4. The molecule has 0 aromatic heterocycles. The van der Waals surface area contributed by atoms with E-state index in [1.807, 2.05) is 0 Å². The van der Waals surface area contributed by atoms with Gasteiger partial charge in [0, 0.05) is 0 Å². The molecule has 8 heteroatoms. The Balaban J connectivity index is 2.89. The van der Waals surface area contributed by atoms with Crippen LogP contribution in [0.25, 0.3) is 0 Å². The number of primary amides is 1. The van der Waals surface area contributed by atoms with Crippen molar-refractivity contribution in [3.8, 4) is 11.5 Å². The number of carboxylic acids is 1. The van der Waals surface area contributed by atoms with Gasteiger partial charge in [-0.2, -0.15) is 0 Å². The topological polar surface area (TPSA) is 128 Å². The first kappa shape index (κ1) is 14.3. The van der Waals surface area contributed by atoms with Gasteiger partial charge >= 0.3 is 12.0 Å². The fraction of sp³-hybridized carbons (Fsp3) is 0.182. The molecule has 4 N–H and O–H groups in total. The zero-order valence-corrected chi connectivity index (χ0v) is 10.0. The Morgan fingerprint density at radius 3 is 2.58 bits per heavy atom. The number of aromatic carboxylic acids is 1. The maximum atomic E-state index is 11.2. The van der Waals surface area contributed by atoms with Crippen LogP contribution >= 0.6 is 0 Å². The van der Waals surface area contributed by atoms with Crippen molar-refractivity contribution < 1.29 is 29.0 Å². The van der Waals surface area contributed by atoms with E-state index < -0.39 is 24.5 Å². The molecule has 1 rings (SSSR count). The summed E-state index contributed by atoms with van der Waals surface area (Å²) in [4.78, 5) is 32.6. The summed E-state index contributed by atoms with van der Waals surface area (Å²) in [5, 5.41) is 10.8. The minimum absolute atomic E-state index is 0.0999. The molecule has 0 bridgehead atoms. The number of ether oxygens (including phenoxy) is 2. The van der Waals surface area contributed by atoms with E-state index in [9.17, 15) is 14.4 Å². The average molecular weight is 268 g/mol. The quantitative estimate of drug-likeness (QED) is 0.687. The molecule has 8 nitrogen and oxygen atoms in total. The first-order valence-corrected chi connectivity index (χ1v) is 5.08. The standard InChI is InChI=1S/C11H12N2O6/c1-18-7-4-2-3-6(10(15)16)9(7)19-5-8(14)13-11(12)17/h2-4H,5H2,1H3,(H,15,16)(H3,12,13,14,17). The lowest BCUT2D eigenvalue weighted by Gasteiger charge is -2.12. The van der Waals surface area contributed by atoms with Gasteiger partial charge in [0.15, 0.2) is 18.1 Å². The van der Waals surface area contributed by atoms with Gasteiger partial charge in [-0.3, -0.25) is 10.1 Å². The Morgan fingerprint density at radius 1 is 1.37 bits per heavy atom. The molecule has 0 saturated heterocycles. The SMILES string of the molecule is COc1cccc(C(=O)O)c1OCC(=O)NC(N)=O. The van der Waals surface area contributed by atoms with Gasteiger partial charge in [-0.05, 0) is 12.1 Å². The molecular formula is C11H12N2O6. The Morgan fingerprint density at radius 2 is 2.05 bits per heavy atom. The van der Waals surface area contributed by atoms with Gasteiger partial charge in [0.25, 0.3) is 5.91 Å². The summed E-state index contributed by atoms with van der Waals surface area (Å²) in [5.74, 6) is -1.97. The van der Waals surface area contributed by atoms with Crippen molar-refractivity contribution >= 4 is 17.9 Å². The minimum atomic E-state index is -1.23. The molecule has 3 amide bonds. The van der Waals surface area contributed by atoms with E-state index >= 15 is 0 Å². The van der Waals surface area contributed by atoms with Gasteiger partial charge in [-0.15, -0.1) is 0 Å². The highest BCUT2D eigenvalue weighted by molar-refractivity contribution is 5.95. The van der Waals surface area contributed by atoms with Crippen LogP contribution in [0.1, 0.15) is 10.4 Å². The lowest BCUT2D eigenvalue weighted by atomic mass is 10.2. The maximum Gasteiger partial charge on any atom is 0.339 e. The number of carbonyl (C=O) groups excluding carboxylic acids is 2. The van der Waals surface area contributed by atoms with Crippen LogP contribution in [0.2, 0.25) is 0 Å². The number of methoxy groups -OCH3 is 1. The average Bonchev–Trinajstić information content (AvgIpc) is 2.34. The monoisotopic (exact) mass is 268 g/mol. The van der Waals surface area contributed by atoms with E-state index in [0.29, 0.717) is 0 Å². The molecule has 0 atom stereocenters. The summed E-state index contributed by atoms with van der Waals surface area (Å²) in [7, 11) is 1.33. The summed E-state index contributed by atoms with van der Waals surface area (Å²) in [5.41, 5.74) is 4.59. The summed E-state index contributed by atoms with van der Waals surface area (Å²) in [6.45, 7) is -0.566. The third-order valence-electron chi connectivity index (χ3n) is 2.04. The van der Waals surface area contributed by atoms with Gasteiger partial charge in [-0.25, -0.2) is 9.59 Å². The lowest BCUT2D eigenvalue weighted by molar-refractivity contribution is -0.121. The number of rotatable bonds is 5. The second-order valence-electron chi connectivity index (χ2n) is 3.34. The molecule has 1 aromatic carbocycles. The summed E-state index contributed by atoms with van der Waals surface area (Å²) >= 11 is 0. The number of hydrogen-bond acceptors (Lipinski definition) is 5. The van der Waals surface area contributed by atoms with Gasteiger partial charge in [-0.1, -0.05) is 6.07 Å². The van der Waals surface area contributed by atoms with E-state index in [2.05, 4.69) is 0 Å². The number of urea groups is 1. The van der Waals surface area contributed by atoms with E-state index in [0.717, 1.165) is 0 Å². The molecule has 0 aliphatic heterocycles. The molecule has 19 heavy (non-hydrogen) atoms. The van der Waals surface area contributed by atoms with Crippen LogP contribution in [0.5, 0.6) is 11.5 Å². The smallest absolute Gasteiger partial charge is 0.339 e. The van der Waals surface area contributed by atoms with Crippen LogP contribution < -0.4 is 20.5 Å². The lowest BCUT2D eigenvalue weighted by Crippen LogP contribution is -2.38. The summed E-state index contributed by atoms with van der Waals surface area (Å²) in [6.07, 6.45) is 0. The normalized spacial score (nSPS) is 9.53. The van der Waals surface area contributed by atoms with Crippen molar-refractivity contribution in [2.24, 2.45) is 5.73 Å². The molecule has 0 unspecified atom stereocenters. The molecule has 0 saturated carbocycles. The van der Waals surface area contributed by atoms with Crippen molar-refractivity contribution in [1.29, 1.82) is 0 Å². The minimum Gasteiger partial charge on any atom is -0.493 e. The number of nitrogens with two attached hydrogens (primary N) is 1. The predicted octanol–water partition coefficient (Wildman–Crippen LogP) is -0.0329. The Bertz CT molecular complexity index is 514. The highest BCUT2D eigenvalue weighted by Gasteiger charge is 2.17. The Hall–Kier alpha value is -2.77. The van der Waals surface area contributed by atoms with Crippen LogP contribution in [0.15, 0.2) is 18.2 Å². The predicted molar refractivity (Wildman–Crippen MR) is 63.2 cm³/mol. The van der Waals surface area contributed by atoms with E-state index in [1.165, 1.54) is 25.3 Å². The van der Waals surface area contributed by atoms with Gasteiger partial charge in [0.05, 0.1) is 7.11 Å². The third kappa shape index (κ3) is 3.87. The second kappa shape index (κ2) is 6.24. The number of amides is 3. The number of imide groups is 1. The largest absolute Gasteiger partial charge is 0.493 e. The summed E-state index contributed by atoms with van der Waals surface area (Å²) in [6, 6.07) is 3.23. The Labute approximate surface area is 108 Å². The maximum absolute atomic E-state index is 11.2. The summed E-state index contributed by atoms with van der Waals surface area (Å²) < 4.78 is 10.00. The van der Waals surface area contributed by atoms with Crippen LogP contribution in [-0.4, -0.2) is 36.7 Å². The highest BCUT2D eigenvalue weighted by atomic mass is 16.5. The molecule has 0 heterocycles. The number of para-hydroxylation sites is 1. The number of carbonyl (C=O) groups is 3. The van der Waals surface area contributed by atoms with Gasteiger partial charge in [0.2, 0.25) is 0 Å². The molecule has 0 aliphatic carbocycles. The molecule has 0 fully saturated rings. The van der Waals surface area contributed by atoms with Crippen molar-refractivity contribution in [1.82, 2.24) is 5.32 Å². The van der Waals surface area contributed by atoms with Gasteiger partial charge < -0.3 is 20.3 Å². The van der Waals surface area contributed by atoms with Crippen LogP contribution in [-0.2, 0) is 4.79 Å². The first-order valence-electron chi connectivity index (χ1n) is 5.08. The van der Waals surface area contributed by atoms with Crippen molar-refractivity contribution in [2.75, 3.05) is 13.7 Å². The molecule has 0 aliphatic rings. The van der Waals surface area contributed by atoms with Crippen LogP contribution in [0, 0.1) is 0 Å². The van der Waals surface area contributed by atoms with Crippen molar-refractivity contribution in [3.63, 3.8) is 0 Å². The Kier molecular flexibility index (Phi) is 4.69. The number of carboxylic acid groups (broad SMARTS) is 1. The molecule has 102 valence electrons. The zero-order valence-electron chi connectivity index (χ0n) is 10.0. The first-order chi connectivity index (χ1) is 8.95. The number of benzene rings is 1. The molecular weight excluding hydrogens is 256 g/mol. The van der Waals surface area contributed by atoms with E-state index in [4.69, 9.17) is 20.3 Å². The van der Waals surface area contributed by atoms with E-state index in [1.54, 1.807) is 5.32 Å². The van der Waals surface area contributed by atoms with Crippen LogP contribution in [0.4, 0.5) is 4.79 Å². The molecule has 0 spiro atoms. The molecule has 1 aromatic rings. The van der Waals surface area contributed by atoms with Crippen molar-refractivity contribution in [3.05, 3.63) is 23.8 Å². The highest BCUT2D eigenvalue weighted by Crippen LogP contribution is 2.30. The second-order valence-corrected chi connectivity index (χ2v) is 3.34. The molecule has 0 radical (unpaired) electrons. The van der Waals surface area contributed by atoms with E-state index in [-0.39, 0.29) is 17.1 Å². The fourth-order valence-electron chi connectivity index (χ4n) is 1.31. The number of hydrogen-bond donors (Lipinski definition) is 3. The van der Waals surface area contributed by atoms with Gasteiger partial charge in [0.1, 0.15) is 5.56 Å². The van der Waals surface area contributed by atoms with Crippen molar-refractivity contribution in [2.45, 2.75) is 0 Å². The van der Waals surface area contributed by atoms with Crippen LogP contribution in [0.3, 0.4) is 0 Å².